The van der Waals surface area contributed by atoms with E-state index in [1.807, 2.05) is 0 Å². The van der Waals surface area contributed by atoms with Gasteiger partial charge in [0.05, 0.1) is 25.9 Å². The highest BCUT2D eigenvalue weighted by Crippen LogP contribution is 2.35. The first-order valence-electron chi connectivity index (χ1n) is 8.99. The summed E-state index contributed by atoms with van der Waals surface area (Å²) in [6.07, 6.45) is 12.9. The lowest BCUT2D eigenvalue weighted by Gasteiger charge is -2.35. The van der Waals surface area contributed by atoms with Crippen LogP contribution in [0.1, 0.15) is 64.2 Å². The van der Waals surface area contributed by atoms with E-state index < -0.39 is 0 Å². The molecule has 2 aliphatic carbocycles. The Morgan fingerprint density at radius 3 is 2.24 bits per heavy atom. The molecule has 1 spiro atoms. The summed E-state index contributed by atoms with van der Waals surface area (Å²) in [5.74, 6) is -0.227. The van der Waals surface area contributed by atoms with Crippen LogP contribution >= 0.6 is 0 Å². The molecule has 4 nitrogen and oxygen atoms in total. The lowest BCUT2D eigenvalue weighted by Crippen LogP contribution is -2.43. The molecule has 0 atom stereocenters. The minimum atomic E-state index is -0.227. The first-order valence-corrected chi connectivity index (χ1v) is 8.99. The van der Waals surface area contributed by atoms with Gasteiger partial charge in [-0.05, 0) is 25.7 Å². The molecule has 3 rings (SSSR count). The van der Waals surface area contributed by atoms with Crippen LogP contribution in [-0.2, 0) is 14.2 Å². The predicted octanol–water partition coefficient (Wildman–Crippen LogP) is 3.00. The topological polar surface area (TPSA) is 39.7 Å². The van der Waals surface area contributed by atoms with Crippen LogP contribution in [-0.4, -0.2) is 44.3 Å². The van der Waals surface area contributed by atoms with Gasteiger partial charge in [-0.1, -0.05) is 25.7 Å². The Bertz CT molecular complexity index is 286. The second-order valence-electron chi connectivity index (χ2n) is 6.82. The molecule has 0 aromatic rings. The third kappa shape index (κ3) is 4.65. The van der Waals surface area contributed by atoms with E-state index in [1.54, 1.807) is 0 Å². The molecule has 122 valence electrons. The summed E-state index contributed by atoms with van der Waals surface area (Å²) in [5, 5.41) is 3.65. The lowest BCUT2D eigenvalue weighted by atomic mass is 9.90. The summed E-state index contributed by atoms with van der Waals surface area (Å²) in [6.45, 7) is 3.38. The van der Waals surface area contributed by atoms with Crippen molar-refractivity contribution in [2.45, 2.75) is 82.1 Å². The van der Waals surface area contributed by atoms with Crippen molar-refractivity contribution in [2.75, 3.05) is 26.4 Å². The summed E-state index contributed by atoms with van der Waals surface area (Å²) in [4.78, 5) is 0. The third-order valence-corrected chi connectivity index (χ3v) is 5.25. The van der Waals surface area contributed by atoms with Crippen molar-refractivity contribution in [3.8, 4) is 0 Å². The van der Waals surface area contributed by atoms with E-state index in [4.69, 9.17) is 14.2 Å². The van der Waals surface area contributed by atoms with Crippen molar-refractivity contribution in [3.63, 3.8) is 0 Å². The standard InChI is InChI=1S/C17H31NO3/c1-2-4-6-16(5-3-1)19-12-11-18-15-7-9-17(10-8-15)20-13-14-21-17/h15-16,18H,1-14H2. The molecule has 0 aromatic carbocycles. The second-order valence-corrected chi connectivity index (χ2v) is 6.82. The van der Waals surface area contributed by atoms with Gasteiger partial charge in [0.15, 0.2) is 5.79 Å². The van der Waals surface area contributed by atoms with Crippen LogP contribution in [0.3, 0.4) is 0 Å². The molecule has 1 heterocycles. The molecule has 4 heteroatoms. The Hall–Kier alpha value is -0.160. The zero-order valence-corrected chi connectivity index (χ0v) is 13.3. The van der Waals surface area contributed by atoms with E-state index in [0.717, 1.165) is 52.0 Å². The molecular formula is C17H31NO3. The largest absolute Gasteiger partial charge is 0.377 e. The molecule has 2 saturated carbocycles. The maximum Gasteiger partial charge on any atom is 0.168 e. The molecule has 0 radical (unpaired) electrons. The minimum absolute atomic E-state index is 0.227. The van der Waals surface area contributed by atoms with Gasteiger partial charge >= 0.3 is 0 Å². The van der Waals surface area contributed by atoms with Crippen LogP contribution in [0.5, 0.6) is 0 Å². The second kappa shape index (κ2) is 7.91. The third-order valence-electron chi connectivity index (χ3n) is 5.25. The predicted molar refractivity (Wildman–Crippen MR) is 82.3 cm³/mol. The molecule has 0 amide bonds. The fraction of sp³-hybridized carbons (Fsp3) is 1.00. The molecule has 3 fully saturated rings. The van der Waals surface area contributed by atoms with Crippen LogP contribution in [0, 0.1) is 0 Å². The summed E-state index contributed by atoms with van der Waals surface area (Å²) in [7, 11) is 0. The SMILES string of the molecule is C1CCCC(OCCNC2CCC3(CC2)OCCO3)CC1. The molecule has 21 heavy (non-hydrogen) atoms. The average Bonchev–Trinajstić information content (AvgIpc) is 2.80. The van der Waals surface area contributed by atoms with Gasteiger partial charge in [0, 0.05) is 25.4 Å². The lowest BCUT2D eigenvalue weighted by molar-refractivity contribution is -0.179. The Balaban J connectivity index is 1.26. The van der Waals surface area contributed by atoms with E-state index in [2.05, 4.69) is 5.32 Å². The highest BCUT2D eigenvalue weighted by Gasteiger charge is 2.40. The average molecular weight is 297 g/mol. The van der Waals surface area contributed by atoms with Crippen molar-refractivity contribution in [3.05, 3.63) is 0 Å². The monoisotopic (exact) mass is 297 g/mol. The summed E-state index contributed by atoms with van der Waals surface area (Å²) < 4.78 is 17.6. The zero-order chi connectivity index (χ0) is 14.4. The van der Waals surface area contributed by atoms with E-state index in [0.29, 0.717) is 12.1 Å². The molecule has 0 unspecified atom stereocenters. The molecule has 0 bridgehead atoms. The molecule has 0 aromatic heterocycles. The molecular weight excluding hydrogens is 266 g/mol. The number of ether oxygens (including phenoxy) is 3. The first kappa shape index (κ1) is 15.7. The minimum Gasteiger partial charge on any atom is -0.377 e. The summed E-state index contributed by atoms with van der Waals surface area (Å²) >= 11 is 0. The van der Waals surface area contributed by atoms with Gasteiger partial charge in [0.1, 0.15) is 0 Å². The number of nitrogens with one attached hydrogen (secondary N) is 1. The van der Waals surface area contributed by atoms with Crippen molar-refractivity contribution < 1.29 is 14.2 Å². The van der Waals surface area contributed by atoms with Gasteiger partial charge in [0.2, 0.25) is 0 Å². The van der Waals surface area contributed by atoms with Crippen molar-refractivity contribution in [1.82, 2.24) is 5.32 Å². The van der Waals surface area contributed by atoms with Crippen molar-refractivity contribution in [2.24, 2.45) is 0 Å². The quantitative estimate of drug-likeness (QED) is 0.625. The van der Waals surface area contributed by atoms with Crippen LogP contribution in [0.2, 0.25) is 0 Å². The van der Waals surface area contributed by atoms with Crippen molar-refractivity contribution >= 4 is 0 Å². The summed E-state index contributed by atoms with van der Waals surface area (Å²) in [5.41, 5.74) is 0. The summed E-state index contributed by atoms with van der Waals surface area (Å²) in [6, 6.07) is 0.612. The van der Waals surface area contributed by atoms with Gasteiger partial charge in [-0.25, -0.2) is 0 Å². The van der Waals surface area contributed by atoms with Gasteiger partial charge in [-0.15, -0.1) is 0 Å². The highest BCUT2D eigenvalue weighted by atomic mass is 16.7. The maximum absolute atomic E-state index is 6.04. The van der Waals surface area contributed by atoms with Crippen molar-refractivity contribution in [1.29, 1.82) is 0 Å². The Kier molecular flexibility index (Phi) is 5.92. The van der Waals surface area contributed by atoms with E-state index >= 15 is 0 Å². The molecule has 3 aliphatic rings. The molecule has 1 saturated heterocycles. The first-order chi connectivity index (χ1) is 10.4. The van der Waals surface area contributed by atoms with E-state index in [9.17, 15) is 0 Å². The number of hydrogen-bond donors (Lipinski definition) is 1. The number of rotatable bonds is 5. The Morgan fingerprint density at radius 2 is 1.57 bits per heavy atom. The Labute approximate surface area is 128 Å². The Morgan fingerprint density at radius 1 is 0.905 bits per heavy atom. The zero-order valence-electron chi connectivity index (χ0n) is 13.3. The van der Waals surface area contributed by atoms with Crippen LogP contribution in [0.15, 0.2) is 0 Å². The smallest absolute Gasteiger partial charge is 0.168 e. The fourth-order valence-electron chi connectivity index (χ4n) is 3.94. The highest BCUT2D eigenvalue weighted by molar-refractivity contribution is 4.85. The van der Waals surface area contributed by atoms with Gasteiger partial charge in [-0.3, -0.25) is 0 Å². The molecule has 1 N–H and O–H groups in total. The van der Waals surface area contributed by atoms with Gasteiger partial charge in [-0.2, -0.15) is 0 Å². The fourth-order valence-corrected chi connectivity index (χ4v) is 3.94. The number of hydrogen-bond acceptors (Lipinski definition) is 4. The van der Waals surface area contributed by atoms with Gasteiger partial charge in [0.25, 0.3) is 0 Å². The van der Waals surface area contributed by atoms with Crippen LogP contribution in [0.4, 0.5) is 0 Å². The van der Waals surface area contributed by atoms with Gasteiger partial charge < -0.3 is 19.5 Å². The van der Waals surface area contributed by atoms with Crippen LogP contribution in [0.25, 0.3) is 0 Å². The van der Waals surface area contributed by atoms with Crippen LogP contribution < -0.4 is 5.32 Å². The maximum atomic E-state index is 6.04. The molecule has 1 aliphatic heterocycles. The van der Waals surface area contributed by atoms with E-state index in [-0.39, 0.29) is 5.79 Å². The van der Waals surface area contributed by atoms with E-state index in [1.165, 1.54) is 38.5 Å². The normalized spacial score (nSPS) is 28.0.